The lowest BCUT2D eigenvalue weighted by Crippen LogP contribution is -2.42. The van der Waals surface area contributed by atoms with Gasteiger partial charge in [-0.3, -0.25) is 0 Å². The summed E-state index contributed by atoms with van der Waals surface area (Å²) in [6, 6.07) is 0. The number of hydrogen-bond acceptors (Lipinski definition) is 5. The highest BCUT2D eigenvalue weighted by atomic mass is 19.2. The third-order valence-electron chi connectivity index (χ3n) is 1.59. The summed E-state index contributed by atoms with van der Waals surface area (Å²) >= 11 is 0. The lowest BCUT2D eigenvalue weighted by Gasteiger charge is -2.18. The average Bonchev–Trinajstić information content (AvgIpc) is 2.17. The molecule has 1 aliphatic heterocycles. The van der Waals surface area contributed by atoms with Gasteiger partial charge in [0.15, 0.2) is 6.29 Å². The summed E-state index contributed by atoms with van der Waals surface area (Å²) < 4.78 is 17.0. The number of aliphatic hydroxyl groups is 4. The predicted octanol–water partition coefficient (Wildman–Crippen LogP) is -2.29. The summed E-state index contributed by atoms with van der Waals surface area (Å²) in [5.74, 6) is -2.75. The smallest absolute Gasteiger partial charge is 0.263 e. The molecule has 0 radical (unpaired) electrons. The maximum Gasteiger partial charge on any atom is 0.263 e. The van der Waals surface area contributed by atoms with E-state index in [1.807, 2.05) is 0 Å². The van der Waals surface area contributed by atoms with E-state index in [1.165, 1.54) is 0 Å². The fourth-order valence-corrected chi connectivity index (χ4v) is 0.882. The summed E-state index contributed by atoms with van der Waals surface area (Å²) in [5, 5.41) is 34.6. The van der Waals surface area contributed by atoms with Crippen molar-refractivity contribution in [3.63, 3.8) is 0 Å². The first-order valence-corrected chi connectivity index (χ1v) is 3.03. The van der Waals surface area contributed by atoms with E-state index < -0.39 is 31.0 Å². The first kappa shape index (κ1) is 8.82. The van der Waals surface area contributed by atoms with Crippen LogP contribution in [0.5, 0.6) is 0 Å². The van der Waals surface area contributed by atoms with Gasteiger partial charge in [0, 0.05) is 0 Å². The highest BCUT2D eigenvalue weighted by Crippen LogP contribution is 2.30. The van der Waals surface area contributed by atoms with Crippen LogP contribution in [0.4, 0.5) is 4.39 Å². The van der Waals surface area contributed by atoms with Gasteiger partial charge in [0.25, 0.3) is 5.85 Å². The Hall–Kier alpha value is -0.270. The van der Waals surface area contributed by atoms with E-state index in [1.54, 1.807) is 0 Å². The molecule has 0 unspecified atom stereocenters. The first-order chi connectivity index (χ1) is 5.01. The second-order valence-corrected chi connectivity index (χ2v) is 2.39. The van der Waals surface area contributed by atoms with Gasteiger partial charge in [0.2, 0.25) is 0 Å². The third-order valence-corrected chi connectivity index (χ3v) is 1.59. The van der Waals surface area contributed by atoms with Crippen LogP contribution in [0.2, 0.25) is 0 Å². The minimum absolute atomic E-state index is 1.11. The quantitative estimate of drug-likeness (QED) is 0.354. The molecule has 66 valence electrons. The molecule has 0 aromatic rings. The van der Waals surface area contributed by atoms with E-state index in [-0.39, 0.29) is 0 Å². The number of rotatable bonds is 1. The molecule has 0 amide bonds. The second-order valence-electron chi connectivity index (χ2n) is 2.39. The van der Waals surface area contributed by atoms with Crippen molar-refractivity contribution < 1.29 is 29.6 Å². The van der Waals surface area contributed by atoms with E-state index in [4.69, 9.17) is 20.4 Å². The van der Waals surface area contributed by atoms with Crippen molar-refractivity contribution in [2.75, 3.05) is 6.61 Å². The highest BCUT2D eigenvalue weighted by Gasteiger charge is 2.54. The van der Waals surface area contributed by atoms with Gasteiger partial charge in [0.1, 0.15) is 18.8 Å². The average molecular weight is 168 g/mol. The molecule has 0 spiro atoms. The van der Waals surface area contributed by atoms with Gasteiger partial charge in [-0.05, 0) is 0 Å². The van der Waals surface area contributed by atoms with E-state index in [2.05, 4.69) is 4.74 Å². The fourth-order valence-electron chi connectivity index (χ4n) is 0.882. The van der Waals surface area contributed by atoms with Crippen molar-refractivity contribution in [2.24, 2.45) is 0 Å². The number of hydrogen-bond donors (Lipinski definition) is 4. The lowest BCUT2D eigenvalue weighted by molar-refractivity contribution is -0.232. The molecular formula is C5H9FO5. The van der Waals surface area contributed by atoms with Crippen LogP contribution in [-0.2, 0) is 4.74 Å². The Morgan fingerprint density at radius 3 is 2.09 bits per heavy atom. The summed E-state index contributed by atoms with van der Waals surface area (Å²) in [7, 11) is 0. The van der Waals surface area contributed by atoms with E-state index >= 15 is 0 Å². The summed E-state index contributed by atoms with van der Waals surface area (Å²) in [4.78, 5) is 0. The van der Waals surface area contributed by atoms with Crippen molar-refractivity contribution in [1.82, 2.24) is 0 Å². The molecule has 1 rings (SSSR count). The van der Waals surface area contributed by atoms with E-state index in [9.17, 15) is 4.39 Å². The first-order valence-electron chi connectivity index (χ1n) is 3.03. The van der Waals surface area contributed by atoms with Crippen LogP contribution < -0.4 is 0 Å². The Morgan fingerprint density at radius 2 is 1.91 bits per heavy atom. The molecule has 0 saturated carbocycles. The Morgan fingerprint density at radius 1 is 1.36 bits per heavy atom. The molecule has 1 heterocycles. The number of alkyl halides is 1. The summed E-state index contributed by atoms with van der Waals surface area (Å²) in [5.41, 5.74) is 0. The maximum absolute atomic E-state index is 12.9. The van der Waals surface area contributed by atoms with Gasteiger partial charge in [0.05, 0.1) is 0 Å². The molecule has 0 aliphatic carbocycles. The Bertz CT molecular complexity index is 154. The van der Waals surface area contributed by atoms with Crippen molar-refractivity contribution in [2.45, 2.75) is 24.4 Å². The van der Waals surface area contributed by atoms with Crippen LogP contribution in [0.3, 0.4) is 0 Å². The Balaban J connectivity index is 2.73. The third kappa shape index (κ3) is 1.23. The minimum atomic E-state index is -2.75. The zero-order chi connectivity index (χ0) is 8.65. The number of ether oxygens (including phenoxy) is 1. The lowest BCUT2D eigenvalue weighted by atomic mass is 10.1. The molecule has 0 aromatic heterocycles. The molecule has 1 saturated heterocycles. The monoisotopic (exact) mass is 168 g/mol. The largest absolute Gasteiger partial charge is 0.390 e. The van der Waals surface area contributed by atoms with Crippen molar-refractivity contribution >= 4 is 0 Å². The molecule has 0 aromatic carbocycles. The molecule has 6 heteroatoms. The zero-order valence-electron chi connectivity index (χ0n) is 5.51. The molecular weight excluding hydrogens is 159 g/mol. The summed E-state index contributed by atoms with van der Waals surface area (Å²) in [6.45, 7) is -1.11. The topological polar surface area (TPSA) is 90.2 Å². The highest BCUT2D eigenvalue weighted by molar-refractivity contribution is 4.91. The van der Waals surface area contributed by atoms with Crippen LogP contribution in [-0.4, -0.2) is 51.4 Å². The van der Waals surface area contributed by atoms with Gasteiger partial charge in [-0.25, -0.2) is 4.39 Å². The second kappa shape index (κ2) is 2.65. The molecule has 1 fully saturated rings. The van der Waals surface area contributed by atoms with Crippen molar-refractivity contribution in [3.05, 3.63) is 0 Å². The Kier molecular flexibility index (Phi) is 2.13. The normalized spacial score (nSPS) is 51.5. The summed E-state index contributed by atoms with van der Waals surface area (Å²) in [6.07, 6.45) is -5.42. The SMILES string of the molecule is OC[C@@]1(F)O[C@H](O)[C@@H](O)[C@H]1O. The predicted molar refractivity (Wildman–Crippen MR) is 30.0 cm³/mol. The van der Waals surface area contributed by atoms with Crippen LogP contribution in [0, 0.1) is 0 Å². The number of halogens is 1. The molecule has 0 bridgehead atoms. The van der Waals surface area contributed by atoms with Gasteiger partial charge < -0.3 is 25.2 Å². The van der Waals surface area contributed by atoms with Gasteiger partial charge in [-0.15, -0.1) is 0 Å². The fraction of sp³-hybridized carbons (Fsp3) is 1.00. The van der Waals surface area contributed by atoms with Crippen LogP contribution in [0.15, 0.2) is 0 Å². The van der Waals surface area contributed by atoms with Crippen LogP contribution >= 0.6 is 0 Å². The molecule has 11 heavy (non-hydrogen) atoms. The van der Waals surface area contributed by atoms with Crippen molar-refractivity contribution in [3.8, 4) is 0 Å². The zero-order valence-corrected chi connectivity index (χ0v) is 5.51. The van der Waals surface area contributed by atoms with Gasteiger partial charge >= 0.3 is 0 Å². The Labute approximate surface area is 61.6 Å². The minimum Gasteiger partial charge on any atom is -0.390 e. The van der Waals surface area contributed by atoms with E-state index in [0.29, 0.717) is 0 Å². The molecule has 4 N–H and O–H groups in total. The van der Waals surface area contributed by atoms with Crippen LogP contribution in [0.25, 0.3) is 0 Å². The van der Waals surface area contributed by atoms with Gasteiger partial charge in [-0.2, -0.15) is 0 Å². The molecule has 5 nitrogen and oxygen atoms in total. The van der Waals surface area contributed by atoms with Crippen LogP contribution in [0.1, 0.15) is 0 Å². The number of aliphatic hydroxyl groups excluding tert-OH is 4. The van der Waals surface area contributed by atoms with E-state index in [0.717, 1.165) is 0 Å². The van der Waals surface area contributed by atoms with Crippen molar-refractivity contribution in [1.29, 1.82) is 0 Å². The van der Waals surface area contributed by atoms with Gasteiger partial charge in [-0.1, -0.05) is 0 Å². The molecule has 4 atom stereocenters. The standard InChI is InChI=1S/C5H9FO5/c6-5(1-7)3(9)2(8)4(10)11-5/h2-4,7-10H,1H2/t2-,3+,4-,5+/m0/s1. The molecule has 1 aliphatic rings. The maximum atomic E-state index is 12.9.